The lowest BCUT2D eigenvalue weighted by molar-refractivity contribution is 0.181. The van der Waals surface area contributed by atoms with Gasteiger partial charge in [0.05, 0.1) is 12.4 Å². The van der Waals surface area contributed by atoms with Crippen LogP contribution in [0.25, 0.3) is 11.4 Å². The first-order chi connectivity index (χ1) is 16.1. The van der Waals surface area contributed by atoms with Gasteiger partial charge in [-0.2, -0.15) is 0 Å². The molecule has 1 aromatic heterocycles. The van der Waals surface area contributed by atoms with Crippen molar-refractivity contribution in [2.75, 3.05) is 6.61 Å². The summed E-state index contributed by atoms with van der Waals surface area (Å²) in [6.07, 6.45) is 17.8. The van der Waals surface area contributed by atoms with E-state index in [0.717, 1.165) is 24.8 Å². The highest BCUT2D eigenvalue weighted by atomic mass is 19.1. The van der Waals surface area contributed by atoms with Crippen molar-refractivity contribution < 1.29 is 9.13 Å². The molecule has 0 radical (unpaired) electrons. The Bertz CT molecular complexity index is 732. The van der Waals surface area contributed by atoms with Gasteiger partial charge in [0.2, 0.25) is 0 Å². The number of aryl methyl sites for hydroxylation is 1. The molecule has 0 saturated heterocycles. The first-order valence-electron chi connectivity index (χ1n) is 13.3. The molecular weight excluding hydrogens is 411 g/mol. The second-order valence-electron chi connectivity index (χ2n) is 9.54. The summed E-state index contributed by atoms with van der Waals surface area (Å²) in [6.45, 7) is 6.77. The maximum Gasteiger partial charge on any atom is 0.159 e. The van der Waals surface area contributed by atoms with Gasteiger partial charge in [0.25, 0.3) is 0 Å². The molecule has 184 valence electrons. The van der Waals surface area contributed by atoms with Crippen molar-refractivity contribution in [3.05, 3.63) is 42.2 Å². The third-order valence-electron chi connectivity index (χ3n) is 6.34. The standard InChI is InChI=1S/C29H45FN2O/c1-4-6-7-8-9-10-11-15-25-17-19-26(20-18-25)29-31-21-28(22-32-29)33-23-27(30)16-12-14-24(3)13-5-2/h17-22,24,27H,4-16,23H2,1-3H3. The number of nitrogens with zero attached hydrogens (tertiary/aromatic N) is 2. The maximum atomic E-state index is 14.1. The second-order valence-corrected chi connectivity index (χ2v) is 9.54. The third kappa shape index (κ3) is 11.6. The molecule has 33 heavy (non-hydrogen) atoms. The summed E-state index contributed by atoms with van der Waals surface area (Å²) < 4.78 is 19.7. The van der Waals surface area contributed by atoms with Gasteiger partial charge >= 0.3 is 0 Å². The van der Waals surface area contributed by atoms with E-state index in [9.17, 15) is 4.39 Å². The highest BCUT2D eigenvalue weighted by molar-refractivity contribution is 5.55. The SMILES string of the molecule is CCCCCCCCCc1ccc(-c2ncc(OCC(F)CCCC(C)CCC)cn2)cc1. The number of halogens is 1. The molecule has 0 bridgehead atoms. The molecule has 2 atom stereocenters. The number of unbranched alkanes of at least 4 members (excludes halogenated alkanes) is 6. The van der Waals surface area contributed by atoms with Crippen LogP contribution in [0.3, 0.4) is 0 Å². The molecule has 0 amide bonds. The highest BCUT2D eigenvalue weighted by Gasteiger charge is 2.10. The van der Waals surface area contributed by atoms with Crippen LogP contribution in [0, 0.1) is 5.92 Å². The minimum Gasteiger partial charge on any atom is -0.487 e. The van der Waals surface area contributed by atoms with Crippen molar-refractivity contribution >= 4 is 0 Å². The Kier molecular flexibility index (Phi) is 13.7. The smallest absolute Gasteiger partial charge is 0.159 e. The van der Waals surface area contributed by atoms with Crippen molar-refractivity contribution in [1.82, 2.24) is 9.97 Å². The topological polar surface area (TPSA) is 35.0 Å². The van der Waals surface area contributed by atoms with Gasteiger partial charge in [-0.05, 0) is 30.7 Å². The monoisotopic (exact) mass is 456 g/mol. The Morgan fingerprint density at radius 3 is 2.12 bits per heavy atom. The zero-order valence-electron chi connectivity index (χ0n) is 21.2. The molecule has 1 heterocycles. The fourth-order valence-corrected chi connectivity index (χ4v) is 4.24. The Balaban J connectivity index is 1.68. The van der Waals surface area contributed by atoms with Crippen LogP contribution in [-0.2, 0) is 6.42 Å². The average Bonchev–Trinajstić information content (AvgIpc) is 2.83. The van der Waals surface area contributed by atoms with E-state index in [1.165, 1.54) is 63.4 Å². The van der Waals surface area contributed by atoms with Crippen LogP contribution >= 0.6 is 0 Å². The molecule has 1 aromatic carbocycles. The molecule has 0 saturated carbocycles. The van der Waals surface area contributed by atoms with Gasteiger partial charge in [-0.3, -0.25) is 0 Å². The molecule has 2 aromatic rings. The van der Waals surface area contributed by atoms with Crippen molar-refractivity contribution in [1.29, 1.82) is 0 Å². The Morgan fingerprint density at radius 1 is 0.788 bits per heavy atom. The lowest BCUT2D eigenvalue weighted by Gasteiger charge is -2.12. The normalized spacial score (nSPS) is 13.1. The summed E-state index contributed by atoms with van der Waals surface area (Å²) in [5, 5.41) is 0. The zero-order valence-corrected chi connectivity index (χ0v) is 21.2. The van der Waals surface area contributed by atoms with Crippen LogP contribution in [0.1, 0.15) is 103 Å². The van der Waals surface area contributed by atoms with E-state index < -0.39 is 6.17 Å². The quantitative estimate of drug-likeness (QED) is 0.210. The number of benzene rings is 1. The molecule has 2 unspecified atom stereocenters. The summed E-state index contributed by atoms with van der Waals surface area (Å²) in [7, 11) is 0. The lowest BCUT2D eigenvalue weighted by atomic mass is 9.98. The molecule has 0 fully saturated rings. The van der Waals surface area contributed by atoms with Gasteiger partial charge in [-0.1, -0.05) is 109 Å². The van der Waals surface area contributed by atoms with Crippen molar-refractivity contribution in [3.63, 3.8) is 0 Å². The maximum absolute atomic E-state index is 14.1. The van der Waals surface area contributed by atoms with E-state index in [2.05, 4.69) is 55.0 Å². The van der Waals surface area contributed by atoms with Crippen LogP contribution in [0.4, 0.5) is 4.39 Å². The van der Waals surface area contributed by atoms with Crippen LogP contribution in [0.2, 0.25) is 0 Å². The van der Waals surface area contributed by atoms with Gasteiger partial charge < -0.3 is 4.74 Å². The minimum absolute atomic E-state index is 0.0676. The van der Waals surface area contributed by atoms with E-state index in [-0.39, 0.29) is 6.61 Å². The summed E-state index contributed by atoms with van der Waals surface area (Å²) in [5.41, 5.74) is 2.36. The molecule has 0 spiro atoms. The molecule has 0 aliphatic heterocycles. The molecule has 0 aliphatic rings. The lowest BCUT2D eigenvalue weighted by Crippen LogP contribution is -2.13. The Labute approximate surface area is 201 Å². The van der Waals surface area contributed by atoms with Gasteiger partial charge in [-0.15, -0.1) is 0 Å². The van der Waals surface area contributed by atoms with Crippen molar-refractivity contribution in [2.45, 2.75) is 110 Å². The average molecular weight is 457 g/mol. The fraction of sp³-hybridized carbons (Fsp3) is 0.655. The number of rotatable bonds is 18. The van der Waals surface area contributed by atoms with Gasteiger partial charge in [-0.25, -0.2) is 14.4 Å². The largest absolute Gasteiger partial charge is 0.487 e. The van der Waals surface area contributed by atoms with Crippen LogP contribution in [0.15, 0.2) is 36.7 Å². The van der Waals surface area contributed by atoms with E-state index in [1.807, 2.05) is 0 Å². The summed E-state index contributed by atoms with van der Waals surface area (Å²) >= 11 is 0. The minimum atomic E-state index is -0.942. The first-order valence-corrected chi connectivity index (χ1v) is 13.3. The molecule has 0 aliphatic carbocycles. The van der Waals surface area contributed by atoms with Crippen LogP contribution < -0.4 is 4.74 Å². The molecular formula is C29H45FN2O. The van der Waals surface area contributed by atoms with E-state index in [1.54, 1.807) is 12.4 Å². The van der Waals surface area contributed by atoms with Crippen molar-refractivity contribution in [3.8, 4) is 17.1 Å². The number of hydrogen-bond acceptors (Lipinski definition) is 3. The summed E-state index contributed by atoms with van der Waals surface area (Å²) in [4.78, 5) is 8.83. The van der Waals surface area contributed by atoms with Crippen LogP contribution in [-0.4, -0.2) is 22.7 Å². The van der Waals surface area contributed by atoms with E-state index >= 15 is 0 Å². The highest BCUT2D eigenvalue weighted by Crippen LogP contribution is 2.20. The van der Waals surface area contributed by atoms with Gasteiger partial charge in [0.1, 0.15) is 12.8 Å². The second kappa shape index (κ2) is 16.6. The predicted octanol–water partition coefficient (Wildman–Crippen LogP) is 8.76. The number of hydrogen-bond donors (Lipinski definition) is 0. The van der Waals surface area contributed by atoms with E-state index in [4.69, 9.17) is 4.74 Å². The number of ether oxygens (including phenoxy) is 1. The van der Waals surface area contributed by atoms with Crippen molar-refractivity contribution in [2.24, 2.45) is 5.92 Å². The molecule has 2 rings (SSSR count). The number of aromatic nitrogens is 2. The fourth-order valence-electron chi connectivity index (χ4n) is 4.24. The Morgan fingerprint density at radius 2 is 1.45 bits per heavy atom. The Hall–Kier alpha value is -1.97. The van der Waals surface area contributed by atoms with E-state index in [0.29, 0.717) is 23.9 Å². The first kappa shape index (κ1) is 27.3. The van der Waals surface area contributed by atoms with Crippen LogP contribution in [0.5, 0.6) is 5.75 Å². The summed E-state index contributed by atoms with van der Waals surface area (Å²) in [5.74, 6) is 1.88. The van der Waals surface area contributed by atoms with Gasteiger partial charge in [0.15, 0.2) is 11.6 Å². The number of alkyl halides is 1. The summed E-state index contributed by atoms with van der Waals surface area (Å²) in [6, 6.07) is 8.53. The third-order valence-corrected chi connectivity index (χ3v) is 6.34. The molecule has 4 heteroatoms. The zero-order chi connectivity index (χ0) is 23.7. The van der Waals surface area contributed by atoms with Gasteiger partial charge in [0, 0.05) is 5.56 Å². The molecule has 0 N–H and O–H groups in total. The predicted molar refractivity (Wildman–Crippen MR) is 137 cm³/mol. The molecule has 3 nitrogen and oxygen atoms in total.